The molecule has 0 amide bonds. The molecule has 0 saturated heterocycles. The zero-order valence-electron chi connectivity index (χ0n) is 15.4. The molecule has 3 rings (SSSR count). The number of benzene rings is 2. The summed E-state index contributed by atoms with van der Waals surface area (Å²) >= 11 is 0. The van der Waals surface area contributed by atoms with Crippen molar-refractivity contribution in [2.75, 3.05) is 23.1 Å². The van der Waals surface area contributed by atoms with E-state index in [1.54, 1.807) is 18.2 Å². The highest BCUT2D eigenvalue weighted by Gasteiger charge is 2.18. The van der Waals surface area contributed by atoms with Gasteiger partial charge >= 0.3 is 5.97 Å². The molecule has 8 heteroatoms. The number of hydrogen-bond donors (Lipinski definition) is 4. The number of nitrogens with two attached hydrogens (primary N) is 2. The number of carbonyl (C=O) groups is 1. The number of carboxylic acids is 1. The van der Waals surface area contributed by atoms with Crippen LogP contribution in [0.5, 0.6) is 0 Å². The van der Waals surface area contributed by atoms with Crippen LogP contribution in [0.2, 0.25) is 0 Å². The van der Waals surface area contributed by atoms with Gasteiger partial charge in [0.05, 0.1) is 28.0 Å². The van der Waals surface area contributed by atoms with Gasteiger partial charge in [0, 0.05) is 18.7 Å². The lowest BCUT2D eigenvalue weighted by atomic mass is 10.1. The fourth-order valence-corrected chi connectivity index (χ4v) is 2.70. The topological polar surface area (TPSA) is 130 Å². The molecule has 0 atom stereocenters. The van der Waals surface area contributed by atoms with Gasteiger partial charge < -0.3 is 21.2 Å². The van der Waals surface area contributed by atoms with Crippen molar-refractivity contribution in [3.8, 4) is 11.3 Å². The fraction of sp³-hybridized carbons (Fsp3) is 0.211. The van der Waals surface area contributed by atoms with E-state index in [1.165, 1.54) is 12.1 Å². The number of anilines is 3. The van der Waals surface area contributed by atoms with E-state index in [1.807, 2.05) is 31.9 Å². The van der Waals surface area contributed by atoms with Gasteiger partial charge in [0.1, 0.15) is 5.69 Å². The third kappa shape index (κ3) is 3.47. The lowest BCUT2D eigenvalue weighted by Crippen LogP contribution is -2.27. The predicted molar refractivity (Wildman–Crippen MR) is 108 cm³/mol. The second-order valence-electron chi connectivity index (χ2n) is 6.56. The van der Waals surface area contributed by atoms with Crippen LogP contribution in [0.1, 0.15) is 24.2 Å². The SMILES string of the molecule is CC(C)N(C)c1nc2cc(C(=O)O)ccc2nc1-c1ccc(NN)c(N)c1. The van der Waals surface area contributed by atoms with Crippen molar-refractivity contribution in [3.05, 3.63) is 42.0 Å². The average molecular weight is 366 g/mol. The second-order valence-corrected chi connectivity index (χ2v) is 6.56. The van der Waals surface area contributed by atoms with Crippen LogP contribution in [0.25, 0.3) is 22.3 Å². The lowest BCUT2D eigenvalue weighted by Gasteiger charge is -2.25. The summed E-state index contributed by atoms with van der Waals surface area (Å²) in [4.78, 5) is 22.7. The van der Waals surface area contributed by atoms with Crippen molar-refractivity contribution in [2.45, 2.75) is 19.9 Å². The van der Waals surface area contributed by atoms with Crippen LogP contribution in [0.4, 0.5) is 17.2 Å². The minimum absolute atomic E-state index is 0.167. The first-order chi connectivity index (χ1) is 12.8. The number of hydrazine groups is 1. The molecule has 140 valence electrons. The van der Waals surface area contributed by atoms with Crippen LogP contribution in [0.15, 0.2) is 36.4 Å². The molecule has 0 aliphatic carbocycles. The summed E-state index contributed by atoms with van der Waals surface area (Å²) in [7, 11) is 1.92. The van der Waals surface area contributed by atoms with Gasteiger partial charge in [-0.1, -0.05) is 6.07 Å². The van der Waals surface area contributed by atoms with Crippen LogP contribution in [0, 0.1) is 0 Å². The van der Waals surface area contributed by atoms with E-state index in [0.717, 1.165) is 5.56 Å². The lowest BCUT2D eigenvalue weighted by molar-refractivity contribution is 0.0697. The van der Waals surface area contributed by atoms with Gasteiger partial charge in [-0.2, -0.15) is 0 Å². The maximum atomic E-state index is 11.3. The molecule has 3 aromatic rings. The summed E-state index contributed by atoms with van der Waals surface area (Å²) in [5.41, 5.74) is 12.5. The third-order valence-electron chi connectivity index (χ3n) is 4.48. The van der Waals surface area contributed by atoms with E-state index in [9.17, 15) is 9.90 Å². The Morgan fingerprint density at radius 1 is 1.15 bits per heavy atom. The molecule has 0 aliphatic rings. The number of nitrogens with zero attached hydrogens (tertiary/aromatic N) is 3. The summed E-state index contributed by atoms with van der Waals surface area (Å²) in [5.74, 6) is 5.10. The maximum Gasteiger partial charge on any atom is 0.335 e. The van der Waals surface area contributed by atoms with Crippen LogP contribution >= 0.6 is 0 Å². The number of rotatable bonds is 5. The van der Waals surface area contributed by atoms with Gasteiger partial charge in [-0.25, -0.2) is 14.8 Å². The predicted octanol–water partition coefficient (Wildman–Crippen LogP) is 2.71. The number of aromatic carboxylic acids is 1. The zero-order valence-corrected chi connectivity index (χ0v) is 15.4. The molecule has 0 saturated carbocycles. The maximum absolute atomic E-state index is 11.3. The van der Waals surface area contributed by atoms with Crippen molar-refractivity contribution in [1.82, 2.24) is 9.97 Å². The van der Waals surface area contributed by atoms with Crippen LogP contribution in [-0.4, -0.2) is 34.1 Å². The third-order valence-corrected chi connectivity index (χ3v) is 4.48. The number of carboxylic acid groups (broad SMARTS) is 1. The van der Waals surface area contributed by atoms with Crippen molar-refractivity contribution in [2.24, 2.45) is 5.84 Å². The van der Waals surface area contributed by atoms with Crippen LogP contribution in [0.3, 0.4) is 0 Å². The van der Waals surface area contributed by atoms with Gasteiger partial charge in [0.15, 0.2) is 5.82 Å². The van der Waals surface area contributed by atoms with Gasteiger partial charge in [-0.05, 0) is 44.2 Å². The van der Waals surface area contributed by atoms with Gasteiger partial charge in [-0.15, -0.1) is 0 Å². The quantitative estimate of drug-likeness (QED) is 0.308. The molecule has 1 aromatic heterocycles. The molecule has 0 bridgehead atoms. The van der Waals surface area contributed by atoms with Gasteiger partial charge in [0.2, 0.25) is 0 Å². The Hall–Kier alpha value is -3.39. The van der Waals surface area contributed by atoms with Crippen molar-refractivity contribution >= 4 is 34.2 Å². The largest absolute Gasteiger partial charge is 0.478 e. The van der Waals surface area contributed by atoms with Crippen molar-refractivity contribution in [1.29, 1.82) is 0 Å². The van der Waals surface area contributed by atoms with Crippen molar-refractivity contribution in [3.63, 3.8) is 0 Å². The second kappa shape index (κ2) is 7.08. The van der Waals surface area contributed by atoms with E-state index < -0.39 is 5.97 Å². The normalized spacial score (nSPS) is 11.0. The average Bonchev–Trinajstić information content (AvgIpc) is 2.65. The Balaban J connectivity index is 2.26. The molecule has 0 fully saturated rings. The van der Waals surface area contributed by atoms with E-state index in [4.69, 9.17) is 21.5 Å². The Morgan fingerprint density at radius 3 is 2.48 bits per heavy atom. The minimum Gasteiger partial charge on any atom is -0.478 e. The van der Waals surface area contributed by atoms with Gasteiger partial charge in [-0.3, -0.25) is 5.84 Å². The highest BCUT2D eigenvalue weighted by molar-refractivity contribution is 5.93. The number of nitrogen functional groups attached to an aromatic ring is 2. The van der Waals surface area contributed by atoms with Crippen LogP contribution in [-0.2, 0) is 0 Å². The van der Waals surface area contributed by atoms with Crippen LogP contribution < -0.4 is 21.9 Å². The molecule has 0 unspecified atom stereocenters. The standard InChI is InChI=1S/C19H22N6O2/c1-10(2)25(3)18-17(11-4-6-14(24-21)13(20)8-11)22-15-7-5-12(19(26)27)9-16(15)23-18/h4-10,24H,20-21H2,1-3H3,(H,26,27). The molecule has 1 heterocycles. The zero-order chi connectivity index (χ0) is 19.7. The molecule has 0 spiro atoms. The van der Waals surface area contributed by atoms with Crippen molar-refractivity contribution < 1.29 is 9.90 Å². The van der Waals surface area contributed by atoms with Gasteiger partial charge in [0.25, 0.3) is 0 Å². The molecule has 2 aromatic carbocycles. The molecule has 0 aliphatic heterocycles. The first-order valence-electron chi connectivity index (χ1n) is 8.46. The Kier molecular flexibility index (Phi) is 4.83. The van der Waals surface area contributed by atoms with E-state index >= 15 is 0 Å². The monoisotopic (exact) mass is 366 g/mol. The highest BCUT2D eigenvalue weighted by Crippen LogP contribution is 2.33. The Bertz CT molecular complexity index is 1020. The minimum atomic E-state index is -1.00. The molecular formula is C19H22N6O2. The van der Waals surface area contributed by atoms with E-state index in [-0.39, 0.29) is 11.6 Å². The number of fused-ring (bicyclic) bond motifs is 1. The first-order valence-corrected chi connectivity index (χ1v) is 8.46. The Morgan fingerprint density at radius 2 is 1.89 bits per heavy atom. The highest BCUT2D eigenvalue weighted by atomic mass is 16.4. The van der Waals surface area contributed by atoms with E-state index in [0.29, 0.717) is 33.9 Å². The summed E-state index contributed by atoms with van der Waals surface area (Å²) in [6, 6.07) is 10.3. The smallest absolute Gasteiger partial charge is 0.335 e. The number of aromatic nitrogens is 2. The molecule has 27 heavy (non-hydrogen) atoms. The summed E-state index contributed by atoms with van der Waals surface area (Å²) in [5, 5.41) is 9.23. The first kappa shape index (κ1) is 18.4. The fourth-order valence-electron chi connectivity index (χ4n) is 2.70. The molecule has 6 N–H and O–H groups in total. The Labute approximate surface area is 156 Å². The summed E-state index contributed by atoms with van der Waals surface area (Å²) in [6.07, 6.45) is 0. The molecule has 0 radical (unpaired) electrons. The molecular weight excluding hydrogens is 344 g/mol. The number of hydrogen-bond acceptors (Lipinski definition) is 7. The summed E-state index contributed by atoms with van der Waals surface area (Å²) in [6.45, 7) is 4.08. The summed E-state index contributed by atoms with van der Waals surface area (Å²) < 4.78 is 0. The van der Waals surface area contributed by atoms with E-state index in [2.05, 4.69) is 5.43 Å². The number of nitrogens with one attached hydrogen (secondary N) is 1. The molecule has 8 nitrogen and oxygen atoms in total.